The molecule has 1 atom stereocenters. The number of anilines is 2. The average Bonchev–Trinajstić information content (AvgIpc) is 2.74. The number of aromatic nitrogens is 2. The molecule has 2 aliphatic heterocycles. The van der Waals surface area contributed by atoms with E-state index >= 15 is 0 Å². The maximum atomic E-state index is 13.5. The molecule has 1 aromatic carbocycles. The van der Waals surface area contributed by atoms with Gasteiger partial charge in [-0.1, -0.05) is 6.07 Å². The number of morpholine rings is 1. The van der Waals surface area contributed by atoms with Crippen LogP contribution in [0.4, 0.5) is 11.6 Å². The summed E-state index contributed by atoms with van der Waals surface area (Å²) >= 11 is 0. The highest BCUT2D eigenvalue weighted by atomic mass is 16.5. The highest BCUT2D eigenvalue weighted by Gasteiger charge is 2.35. The van der Waals surface area contributed by atoms with Crippen LogP contribution in [0.2, 0.25) is 0 Å². The van der Waals surface area contributed by atoms with Crippen LogP contribution in [0, 0.1) is 0 Å². The Morgan fingerprint density at radius 3 is 2.79 bits per heavy atom. The number of ketones is 1. The number of guanidine groups is 1. The van der Waals surface area contributed by atoms with Gasteiger partial charge in [0.15, 0.2) is 11.7 Å². The fraction of sp³-hybridized carbons (Fsp3) is 0.300. The quantitative estimate of drug-likeness (QED) is 0.521. The molecule has 1 unspecified atom stereocenters. The average molecular weight is 393 g/mol. The van der Waals surface area contributed by atoms with Crippen molar-refractivity contribution in [2.75, 3.05) is 37.8 Å². The SMILES string of the molecule is CC1(C(=O)c2cc(-c3ccnc(N)n3)ccc2N)C=CNC(N2CCOCC2)=N1. The third kappa shape index (κ3) is 3.77. The van der Waals surface area contributed by atoms with Crippen LogP contribution in [0.15, 0.2) is 47.7 Å². The van der Waals surface area contributed by atoms with Crippen molar-refractivity contribution in [1.29, 1.82) is 0 Å². The van der Waals surface area contributed by atoms with Gasteiger partial charge in [0, 0.05) is 42.3 Å². The van der Waals surface area contributed by atoms with E-state index in [-0.39, 0.29) is 11.7 Å². The number of Topliss-reactive ketones (excluding diaryl/α,β-unsaturated/α-hetero) is 1. The van der Waals surface area contributed by atoms with Crippen LogP contribution in [0.3, 0.4) is 0 Å². The molecule has 5 N–H and O–H groups in total. The van der Waals surface area contributed by atoms with Crippen LogP contribution in [0.5, 0.6) is 0 Å². The molecule has 9 nitrogen and oxygen atoms in total. The number of nitrogen functional groups attached to an aromatic ring is 2. The standard InChI is InChI=1S/C20H23N7O2/c1-20(5-7-24-19(26-20)27-8-10-29-11-9-27)17(28)14-12-13(2-3-15(14)21)16-4-6-23-18(22)25-16/h2-7,12H,8-11,21H2,1H3,(H,24,26)(H2,22,23,25). The Balaban J connectivity index is 1.68. The lowest BCUT2D eigenvalue weighted by atomic mass is 9.89. The summed E-state index contributed by atoms with van der Waals surface area (Å²) in [5, 5.41) is 3.13. The molecule has 0 radical (unpaired) electrons. The lowest BCUT2D eigenvalue weighted by Crippen LogP contribution is -2.50. The smallest absolute Gasteiger partial charge is 0.220 e. The molecule has 150 valence electrons. The van der Waals surface area contributed by atoms with E-state index in [0.29, 0.717) is 36.1 Å². The second-order valence-corrected chi connectivity index (χ2v) is 7.09. The lowest BCUT2D eigenvalue weighted by molar-refractivity contribution is 0.0662. The van der Waals surface area contributed by atoms with Gasteiger partial charge in [-0.3, -0.25) is 4.79 Å². The van der Waals surface area contributed by atoms with Gasteiger partial charge in [-0.2, -0.15) is 0 Å². The first kappa shape index (κ1) is 18.9. The molecule has 4 rings (SSSR count). The van der Waals surface area contributed by atoms with Crippen molar-refractivity contribution in [1.82, 2.24) is 20.2 Å². The number of carbonyl (C=O) groups is 1. The Hall–Kier alpha value is -3.46. The normalized spacial score (nSPS) is 21.4. The first-order valence-electron chi connectivity index (χ1n) is 9.36. The molecule has 29 heavy (non-hydrogen) atoms. The molecule has 2 aliphatic rings. The van der Waals surface area contributed by atoms with Crippen LogP contribution in [0.1, 0.15) is 17.3 Å². The minimum atomic E-state index is -1.07. The summed E-state index contributed by atoms with van der Waals surface area (Å²) in [6.45, 7) is 4.48. The van der Waals surface area contributed by atoms with Crippen molar-refractivity contribution in [3.63, 3.8) is 0 Å². The van der Waals surface area contributed by atoms with E-state index in [2.05, 4.69) is 20.2 Å². The van der Waals surface area contributed by atoms with E-state index in [1.54, 1.807) is 49.7 Å². The first-order chi connectivity index (χ1) is 14.0. The molecule has 0 spiro atoms. The van der Waals surface area contributed by atoms with Crippen LogP contribution in [-0.4, -0.2) is 58.5 Å². The molecular formula is C20H23N7O2. The van der Waals surface area contributed by atoms with Gasteiger partial charge in [-0.05, 0) is 31.2 Å². The van der Waals surface area contributed by atoms with E-state index in [0.717, 1.165) is 18.7 Å². The molecule has 0 saturated carbocycles. The second-order valence-electron chi connectivity index (χ2n) is 7.09. The minimum Gasteiger partial charge on any atom is -0.398 e. The molecule has 1 saturated heterocycles. The number of benzene rings is 1. The maximum Gasteiger partial charge on any atom is 0.220 e. The van der Waals surface area contributed by atoms with Crippen LogP contribution in [0.25, 0.3) is 11.3 Å². The van der Waals surface area contributed by atoms with Gasteiger partial charge in [0.25, 0.3) is 0 Å². The zero-order chi connectivity index (χ0) is 20.4. The fourth-order valence-electron chi connectivity index (χ4n) is 3.35. The zero-order valence-electron chi connectivity index (χ0n) is 16.1. The molecular weight excluding hydrogens is 370 g/mol. The number of ether oxygens (including phenoxy) is 1. The third-order valence-electron chi connectivity index (χ3n) is 5.00. The number of nitrogens with one attached hydrogen (secondary N) is 1. The summed E-state index contributed by atoms with van der Waals surface area (Å²) < 4.78 is 5.39. The summed E-state index contributed by atoms with van der Waals surface area (Å²) in [6, 6.07) is 6.96. The van der Waals surface area contributed by atoms with Gasteiger partial charge in [0.1, 0.15) is 5.54 Å². The summed E-state index contributed by atoms with van der Waals surface area (Å²) in [5.74, 6) is 0.632. The molecule has 1 aromatic heterocycles. The van der Waals surface area contributed by atoms with Crippen LogP contribution >= 0.6 is 0 Å². The number of aliphatic imine (C=N–C) groups is 1. The first-order valence-corrected chi connectivity index (χ1v) is 9.36. The molecule has 0 aliphatic carbocycles. The number of hydrogen-bond acceptors (Lipinski definition) is 9. The van der Waals surface area contributed by atoms with Gasteiger partial charge in [0.2, 0.25) is 5.95 Å². The number of carbonyl (C=O) groups excluding carboxylic acids is 1. The van der Waals surface area contributed by atoms with Gasteiger partial charge >= 0.3 is 0 Å². The largest absolute Gasteiger partial charge is 0.398 e. The number of hydrogen-bond donors (Lipinski definition) is 3. The summed E-state index contributed by atoms with van der Waals surface area (Å²) in [6.07, 6.45) is 5.07. The number of nitrogens with two attached hydrogens (primary N) is 2. The maximum absolute atomic E-state index is 13.5. The topological polar surface area (TPSA) is 132 Å². The van der Waals surface area contributed by atoms with E-state index < -0.39 is 5.54 Å². The molecule has 0 bridgehead atoms. The highest BCUT2D eigenvalue weighted by molar-refractivity contribution is 6.10. The summed E-state index contributed by atoms with van der Waals surface area (Å²) in [7, 11) is 0. The second kappa shape index (κ2) is 7.51. The van der Waals surface area contributed by atoms with Gasteiger partial charge in [-0.25, -0.2) is 15.0 Å². The van der Waals surface area contributed by atoms with Crippen LogP contribution < -0.4 is 16.8 Å². The van der Waals surface area contributed by atoms with Crippen molar-refractivity contribution in [2.24, 2.45) is 4.99 Å². The Bertz CT molecular complexity index is 998. The minimum absolute atomic E-state index is 0.167. The summed E-state index contributed by atoms with van der Waals surface area (Å²) in [5.41, 5.74) is 12.9. The highest BCUT2D eigenvalue weighted by Crippen LogP contribution is 2.29. The monoisotopic (exact) mass is 393 g/mol. The van der Waals surface area contributed by atoms with E-state index in [1.165, 1.54) is 0 Å². The van der Waals surface area contributed by atoms with Crippen molar-refractivity contribution in [3.05, 3.63) is 48.3 Å². The van der Waals surface area contributed by atoms with Crippen molar-refractivity contribution in [2.45, 2.75) is 12.5 Å². The Morgan fingerprint density at radius 1 is 1.24 bits per heavy atom. The zero-order valence-corrected chi connectivity index (χ0v) is 16.1. The Kier molecular flexibility index (Phi) is 4.89. The molecule has 9 heteroatoms. The predicted molar refractivity (Wildman–Crippen MR) is 111 cm³/mol. The van der Waals surface area contributed by atoms with E-state index in [4.69, 9.17) is 21.2 Å². The predicted octanol–water partition coefficient (Wildman–Crippen LogP) is 1.05. The van der Waals surface area contributed by atoms with Crippen molar-refractivity contribution < 1.29 is 9.53 Å². The molecule has 1 fully saturated rings. The van der Waals surface area contributed by atoms with Crippen LogP contribution in [-0.2, 0) is 4.74 Å². The third-order valence-corrected chi connectivity index (χ3v) is 5.00. The number of nitrogens with zero attached hydrogens (tertiary/aromatic N) is 4. The fourth-order valence-corrected chi connectivity index (χ4v) is 3.35. The Labute approximate surface area is 168 Å². The van der Waals surface area contributed by atoms with Gasteiger partial charge in [0.05, 0.1) is 18.9 Å². The lowest BCUT2D eigenvalue weighted by Gasteiger charge is -2.34. The van der Waals surface area contributed by atoms with Gasteiger partial charge in [-0.15, -0.1) is 0 Å². The van der Waals surface area contributed by atoms with Crippen molar-refractivity contribution in [3.8, 4) is 11.3 Å². The van der Waals surface area contributed by atoms with E-state index in [9.17, 15) is 4.79 Å². The molecule has 0 amide bonds. The van der Waals surface area contributed by atoms with Gasteiger partial charge < -0.3 is 26.4 Å². The summed E-state index contributed by atoms with van der Waals surface area (Å²) in [4.78, 5) is 28.4. The van der Waals surface area contributed by atoms with E-state index in [1.807, 2.05) is 0 Å². The number of rotatable bonds is 3. The molecule has 2 aromatic rings. The van der Waals surface area contributed by atoms with Crippen molar-refractivity contribution >= 4 is 23.4 Å². The molecule has 3 heterocycles. The Morgan fingerprint density at radius 2 is 2.03 bits per heavy atom.